The predicted octanol–water partition coefficient (Wildman–Crippen LogP) is 2.94. The number of rotatable bonds is 2. The zero-order valence-electron chi connectivity index (χ0n) is 14.3. The molecule has 0 radical (unpaired) electrons. The van der Waals surface area contributed by atoms with Gasteiger partial charge in [-0.15, -0.1) is 5.10 Å². The standard InChI is InChI=1S/C16H15BrF3N7/c1-10-8-13(27-15(22-10)23-14(24-27)16(18,19)20)26-6-4-25(5-7-26)12-3-2-11(17)9-21-12/h2-3,8-9H,4-7H2,1H3. The lowest BCUT2D eigenvalue weighted by Crippen LogP contribution is -2.47. The lowest BCUT2D eigenvalue weighted by atomic mass is 10.3. The van der Waals surface area contributed by atoms with Gasteiger partial charge in [0.15, 0.2) is 0 Å². The molecule has 4 rings (SSSR count). The van der Waals surface area contributed by atoms with Gasteiger partial charge >= 0.3 is 6.18 Å². The molecule has 7 nitrogen and oxygen atoms in total. The molecular formula is C16H15BrF3N7. The molecular weight excluding hydrogens is 427 g/mol. The number of aryl methyl sites for hydroxylation is 1. The number of hydrogen-bond acceptors (Lipinski definition) is 6. The van der Waals surface area contributed by atoms with E-state index in [2.05, 4.69) is 40.9 Å². The molecule has 11 heteroatoms. The van der Waals surface area contributed by atoms with Crippen LogP contribution in [0.4, 0.5) is 24.8 Å². The highest BCUT2D eigenvalue weighted by Gasteiger charge is 2.37. The fraction of sp³-hybridized carbons (Fsp3) is 0.375. The molecule has 4 heterocycles. The Morgan fingerprint density at radius 3 is 2.37 bits per heavy atom. The van der Waals surface area contributed by atoms with Gasteiger partial charge < -0.3 is 9.80 Å². The zero-order chi connectivity index (χ0) is 19.2. The predicted molar refractivity (Wildman–Crippen MR) is 96.9 cm³/mol. The third-order valence-electron chi connectivity index (χ3n) is 4.31. The average Bonchev–Trinajstić information content (AvgIpc) is 3.06. The van der Waals surface area contributed by atoms with Crippen LogP contribution in [0.25, 0.3) is 5.78 Å². The number of alkyl halides is 3. The summed E-state index contributed by atoms with van der Waals surface area (Å²) in [6.45, 7) is 4.36. The SMILES string of the molecule is Cc1cc(N2CCN(c3ccc(Br)cn3)CC2)n2nc(C(F)(F)F)nc2n1. The number of halogens is 4. The average molecular weight is 442 g/mol. The Hall–Kier alpha value is -2.43. The van der Waals surface area contributed by atoms with Crippen LogP contribution in [0.5, 0.6) is 0 Å². The Morgan fingerprint density at radius 1 is 1.04 bits per heavy atom. The third-order valence-corrected chi connectivity index (χ3v) is 4.78. The van der Waals surface area contributed by atoms with Crippen LogP contribution in [0.3, 0.4) is 0 Å². The molecule has 0 atom stereocenters. The molecule has 0 saturated carbocycles. The molecule has 0 spiro atoms. The smallest absolute Gasteiger partial charge is 0.353 e. The minimum absolute atomic E-state index is 0.0469. The van der Waals surface area contributed by atoms with Gasteiger partial charge in [-0.3, -0.25) is 0 Å². The first-order valence-corrected chi connectivity index (χ1v) is 9.03. The summed E-state index contributed by atoms with van der Waals surface area (Å²) in [4.78, 5) is 16.1. The maximum atomic E-state index is 13.0. The van der Waals surface area contributed by atoms with Crippen molar-refractivity contribution in [3.63, 3.8) is 0 Å². The van der Waals surface area contributed by atoms with Crippen LogP contribution in [-0.4, -0.2) is 50.7 Å². The van der Waals surface area contributed by atoms with E-state index in [0.717, 1.165) is 10.3 Å². The molecule has 1 saturated heterocycles. The quantitative estimate of drug-likeness (QED) is 0.609. The normalized spacial score (nSPS) is 15.6. The minimum atomic E-state index is -4.61. The highest BCUT2D eigenvalue weighted by molar-refractivity contribution is 9.10. The summed E-state index contributed by atoms with van der Waals surface area (Å²) in [5.41, 5.74) is 0.593. The summed E-state index contributed by atoms with van der Waals surface area (Å²) in [7, 11) is 0. The molecule has 0 bridgehead atoms. The summed E-state index contributed by atoms with van der Waals surface area (Å²) >= 11 is 3.36. The fourth-order valence-electron chi connectivity index (χ4n) is 3.03. The summed E-state index contributed by atoms with van der Waals surface area (Å²) in [5, 5.41) is 3.63. The first-order valence-electron chi connectivity index (χ1n) is 8.24. The van der Waals surface area contributed by atoms with Gasteiger partial charge in [-0.1, -0.05) is 0 Å². The van der Waals surface area contributed by atoms with Crippen molar-refractivity contribution >= 4 is 33.3 Å². The number of pyridine rings is 1. The Morgan fingerprint density at radius 2 is 1.74 bits per heavy atom. The van der Waals surface area contributed by atoms with Gasteiger partial charge in [-0.25, -0.2) is 9.97 Å². The molecule has 0 aliphatic carbocycles. The summed E-state index contributed by atoms with van der Waals surface area (Å²) in [6.07, 6.45) is -2.86. The molecule has 1 fully saturated rings. The van der Waals surface area contributed by atoms with Crippen molar-refractivity contribution in [2.24, 2.45) is 0 Å². The van der Waals surface area contributed by atoms with Crippen molar-refractivity contribution in [2.45, 2.75) is 13.1 Å². The van der Waals surface area contributed by atoms with E-state index in [1.807, 2.05) is 17.0 Å². The lowest BCUT2D eigenvalue weighted by Gasteiger charge is -2.36. The Bertz CT molecular complexity index is 963. The van der Waals surface area contributed by atoms with E-state index in [9.17, 15) is 13.2 Å². The zero-order valence-corrected chi connectivity index (χ0v) is 15.9. The molecule has 1 aliphatic heterocycles. The highest BCUT2D eigenvalue weighted by Crippen LogP contribution is 2.28. The summed E-state index contributed by atoms with van der Waals surface area (Å²) in [5.74, 6) is 0.201. The molecule has 1 aliphatic rings. The van der Waals surface area contributed by atoms with Crippen LogP contribution in [0, 0.1) is 6.92 Å². The molecule has 27 heavy (non-hydrogen) atoms. The highest BCUT2D eigenvalue weighted by atomic mass is 79.9. The number of piperazine rings is 1. The molecule has 0 unspecified atom stereocenters. The Labute approximate surface area is 161 Å². The van der Waals surface area contributed by atoms with Gasteiger partial charge in [-0.2, -0.15) is 22.7 Å². The van der Waals surface area contributed by atoms with Crippen molar-refractivity contribution in [3.05, 3.63) is 40.4 Å². The Balaban J connectivity index is 1.60. The van der Waals surface area contributed by atoms with Gasteiger partial charge in [0.2, 0.25) is 0 Å². The number of fused-ring (bicyclic) bond motifs is 1. The van der Waals surface area contributed by atoms with Crippen molar-refractivity contribution in [2.75, 3.05) is 36.0 Å². The third kappa shape index (κ3) is 3.55. The second-order valence-corrected chi connectivity index (χ2v) is 7.13. The van der Waals surface area contributed by atoms with E-state index in [4.69, 9.17) is 0 Å². The van der Waals surface area contributed by atoms with Crippen LogP contribution in [0.1, 0.15) is 11.5 Å². The minimum Gasteiger partial charge on any atom is -0.353 e. The van der Waals surface area contributed by atoms with Crippen molar-refractivity contribution < 1.29 is 13.2 Å². The molecule has 3 aromatic heterocycles. The molecule has 0 amide bonds. The van der Waals surface area contributed by atoms with Gasteiger partial charge in [0, 0.05) is 48.6 Å². The van der Waals surface area contributed by atoms with E-state index in [1.54, 1.807) is 19.2 Å². The number of aromatic nitrogens is 5. The van der Waals surface area contributed by atoms with Crippen LogP contribution in [-0.2, 0) is 6.18 Å². The van der Waals surface area contributed by atoms with Gasteiger partial charge in [-0.05, 0) is 35.0 Å². The summed E-state index contributed by atoms with van der Waals surface area (Å²) in [6, 6.07) is 5.59. The maximum absolute atomic E-state index is 13.0. The van der Waals surface area contributed by atoms with Crippen molar-refractivity contribution in [1.82, 2.24) is 24.6 Å². The molecule has 0 aromatic carbocycles. The van der Waals surface area contributed by atoms with Crippen molar-refractivity contribution in [3.8, 4) is 0 Å². The number of nitrogens with zero attached hydrogens (tertiary/aromatic N) is 7. The molecule has 0 N–H and O–H groups in total. The first kappa shape index (κ1) is 18.0. The van der Waals surface area contributed by atoms with Gasteiger partial charge in [0.05, 0.1) is 0 Å². The van der Waals surface area contributed by atoms with Crippen molar-refractivity contribution in [1.29, 1.82) is 0 Å². The van der Waals surface area contributed by atoms with E-state index < -0.39 is 12.0 Å². The van der Waals surface area contributed by atoms with Crippen LogP contribution in [0.2, 0.25) is 0 Å². The maximum Gasteiger partial charge on any atom is 0.453 e. The van der Waals surface area contributed by atoms with Gasteiger partial charge in [0.25, 0.3) is 11.6 Å². The van der Waals surface area contributed by atoms with Crippen LogP contribution in [0.15, 0.2) is 28.9 Å². The molecule has 142 valence electrons. The molecule has 3 aromatic rings. The fourth-order valence-corrected chi connectivity index (χ4v) is 3.27. The Kier molecular flexibility index (Phi) is 4.41. The van der Waals surface area contributed by atoms with E-state index in [1.165, 1.54) is 4.52 Å². The van der Waals surface area contributed by atoms with Crippen LogP contribution < -0.4 is 9.80 Å². The lowest BCUT2D eigenvalue weighted by molar-refractivity contribution is -0.144. The topological polar surface area (TPSA) is 62.5 Å². The number of anilines is 2. The first-order chi connectivity index (χ1) is 12.8. The van der Waals surface area contributed by atoms with E-state index >= 15 is 0 Å². The summed E-state index contributed by atoms with van der Waals surface area (Å²) < 4.78 is 41.0. The second-order valence-electron chi connectivity index (χ2n) is 6.21. The van der Waals surface area contributed by atoms with Gasteiger partial charge in [0.1, 0.15) is 11.6 Å². The number of hydrogen-bond donors (Lipinski definition) is 0. The van der Waals surface area contributed by atoms with E-state index in [0.29, 0.717) is 37.7 Å². The van der Waals surface area contributed by atoms with E-state index in [-0.39, 0.29) is 5.78 Å². The second kappa shape index (κ2) is 6.63. The monoisotopic (exact) mass is 441 g/mol. The largest absolute Gasteiger partial charge is 0.453 e. The van der Waals surface area contributed by atoms with Crippen LogP contribution >= 0.6 is 15.9 Å².